The Kier molecular flexibility index (Phi) is 4.52. The lowest BCUT2D eigenvalue weighted by Crippen LogP contribution is -2.26. The number of carbonyl (C=O) groups excluding carboxylic acids is 1. The molecule has 1 amide bonds. The average Bonchev–Trinajstić information content (AvgIpc) is 2.54. The maximum Gasteiger partial charge on any atom is 0.251 e. The van der Waals surface area contributed by atoms with E-state index in [2.05, 4.69) is 11.4 Å². The van der Waals surface area contributed by atoms with Crippen LogP contribution in [0.4, 0.5) is 4.39 Å². The van der Waals surface area contributed by atoms with E-state index in [1.54, 1.807) is 6.07 Å². The van der Waals surface area contributed by atoms with E-state index in [4.69, 9.17) is 0 Å². The Balaban J connectivity index is 1.58. The second-order valence-electron chi connectivity index (χ2n) is 5.83. The number of nitrogens with one attached hydrogen (secondary N) is 1. The maximum atomic E-state index is 13.1. The van der Waals surface area contributed by atoms with Gasteiger partial charge in [-0.15, -0.1) is 0 Å². The number of fused-ring (bicyclic) bond motifs is 1. The Bertz CT molecular complexity index is 681. The highest BCUT2D eigenvalue weighted by molar-refractivity contribution is 5.94. The molecule has 0 aromatic heterocycles. The van der Waals surface area contributed by atoms with E-state index >= 15 is 0 Å². The summed E-state index contributed by atoms with van der Waals surface area (Å²) in [6.07, 6.45) is 5.27. The molecule has 0 heterocycles. The third-order valence-electron chi connectivity index (χ3n) is 4.20. The summed E-state index contributed by atoms with van der Waals surface area (Å²) in [6, 6.07) is 12.5. The van der Waals surface area contributed by atoms with Crippen molar-refractivity contribution < 1.29 is 9.18 Å². The van der Waals surface area contributed by atoms with Crippen LogP contribution in [0, 0.1) is 5.82 Å². The van der Waals surface area contributed by atoms with Gasteiger partial charge >= 0.3 is 0 Å². The van der Waals surface area contributed by atoms with Crippen LogP contribution in [0.5, 0.6) is 0 Å². The van der Waals surface area contributed by atoms with Gasteiger partial charge in [0, 0.05) is 12.1 Å². The molecule has 0 fully saturated rings. The third-order valence-corrected chi connectivity index (χ3v) is 4.20. The lowest BCUT2D eigenvalue weighted by atomic mass is 9.90. The van der Waals surface area contributed by atoms with Crippen molar-refractivity contribution in [2.75, 3.05) is 6.54 Å². The van der Waals surface area contributed by atoms with Gasteiger partial charge in [-0.05, 0) is 73.1 Å². The Morgan fingerprint density at radius 2 is 1.86 bits per heavy atom. The fraction of sp³-hybridized carbons (Fsp3) is 0.316. The molecule has 2 aromatic carbocycles. The molecule has 3 rings (SSSR count). The number of hydrogen-bond acceptors (Lipinski definition) is 1. The van der Waals surface area contributed by atoms with E-state index < -0.39 is 0 Å². The molecule has 0 atom stereocenters. The highest BCUT2D eigenvalue weighted by Crippen LogP contribution is 2.22. The van der Waals surface area contributed by atoms with Crippen molar-refractivity contribution >= 4 is 5.91 Å². The van der Waals surface area contributed by atoms with E-state index in [0.29, 0.717) is 13.0 Å². The standard InChI is InChI=1S/C19H20FNO/c20-18-7-3-4-14(12-18)10-11-21-19(22)17-9-8-15-5-1-2-6-16(15)13-17/h3-4,7-9,12-13H,1-2,5-6,10-11H2,(H,21,22). The van der Waals surface area contributed by atoms with Gasteiger partial charge in [0.05, 0.1) is 0 Å². The summed E-state index contributed by atoms with van der Waals surface area (Å²) in [7, 11) is 0. The minimum Gasteiger partial charge on any atom is -0.352 e. The van der Waals surface area contributed by atoms with E-state index in [1.807, 2.05) is 18.2 Å². The number of benzene rings is 2. The van der Waals surface area contributed by atoms with Crippen molar-refractivity contribution in [1.29, 1.82) is 0 Å². The van der Waals surface area contributed by atoms with Crippen molar-refractivity contribution in [3.63, 3.8) is 0 Å². The van der Waals surface area contributed by atoms with E-state index in [-0.39, 0.29) is 11.7 Å². The smallest absolute Gasteiger partial charge is 0.251 e. The average molecular weight is 297 g/mol. The van der Waals surface area contributed by atoms with Gasteiger partial charge in [0.15, 0.2) is 0 Å². The molecule has 0 spiro atoms. The molecular formula is C19H20FNO. The lowest BCUT2D eigenvalue weighted by molar-refractivity contribution is 0.0954. The van der Waals surface area contributed by atoms with Crippen LogP contribution < -0.4 is 5.32 Å². The van der Waals surface area contributed by atoms with Crippen LogP contribution in [0.25, 0.3) is 0 Å². The second kappa shape index (κ2) is 6.73. The zero-order valence-electron chi connectivity index (χ0n) is 12.6. The highest BCUT2D eigenvalue weighted by atomic mass is 19.1. The molecular weight excluding hydrogens is 277 g/mol. The highest BCUT2D eigenvalue weighted by Gasteiger charge is 2.12. The van der Waals surface area contributed by atoms with Crippen LogP contribution in [0.3, 0.4) is 0 Å². The minimum absolute atomic E-state index is 0.0511. The number of carbonyl (C=O) groups is 1. The van der Waals surface area contributed by atoms with Crippen molar-refractivity contribution in [2.45, 2.75) is 32.1 Å². The Hall–Kier alpha value is -2.16. The molecule has 1 N–H and O–H groups in total. The van der Waals surface area contributed by atoms with Gasteiger partial charge in [-0.1, -0.05) is 18.2 Å². The van der Waals surface area contributed by atoms with Gasteiger partial charge in [0.25, 0.3) is 5.91 Å². The molecule has 0 aliphatic heterocycles. The molecule has 114 valence electrons. The zero-order chi connectivity index (χ0) is 15.4. The fourth-order valence-corrected chi connectivity index (χ4v) is 2.99. The van der Waals surface area contributed by atoms with Gasteiger partial charge in [0.2, 0.25) is 0 Å². The zero-order valence-corrected chi connectivity index (χ0v) is 12.6. The van der Waals surface area contributed by atoms with Gasteiger partial charge < -0.3 is 5.32 Å². The molecule has 1 aliphatic carbocycles. The molecule has 0 saturated heterocycles. The number of hydrogen-bond donors (Lipinski definition) is 1. The summed E-state index contributed by atoms with van der Waals surface area (Å²) in [6.45, 7) is 0.513. The molecule has 0 unspecified atom stereocenters. The second-order valence-corrected chi connectivity index (χ2v) is 5.83. The van der Waals surface area contributed by atoms with Gasteiger partial charge in [0.1, 0.15) is 5.82 Å². The fourth-order valence-electron chi connectivity index (χ4n) is 2.99. The first-order valence-electron chi connectivity index (χ1n) is 7.87. The number of aryl methyl sites for hydroxylation is 2. The summed E-state index contributed by atoms with van der Waals surface area (Å²) < 4.78 is 13.1. The van der Waals surface area contributed by atoms with Crippen LogP contribution in [-0.4, -0.2) is 12.5 Å². The van der Waals surface area contributed by atoms with Crippen LogP contribution in [0.1, 0.15) is 39.9 Å². The van der Waals surface area contributed by atoms with Gasteiger partial charge in [-0.3, -0.25) is 4.79 Å². The molecule has 2 nitrogen and oxygen atoms in total. The number of amides is 1. The molecule has 0 bridgehead atoms. The molecule has 22 heavy (non-hydrogen) atoms. The first-order valence-corrected chi connectivity index (χ1v) is 7.87. The Labute approximate surface area is 130 Å². The molecule has 0 radical (unpaired) electrons. The molecule has 1 aliphatic rings. The lowest BCUT2D eigenvalue weighted by Gasteiger charge is -2.16. The number of rotatable bonds is 4. The summed E-state index contributed by atoms with van der Waals surface area (Å²) in [5.41, 5.74) is 4.30. The third kappa shape index (κ3) is 3.53. The van der Waals surface area contributed by atoms with E-state index in [1.165, 1.54) is 36.1 Å². The summed E-state index contributed by atoms with van der Waals surface area (Å²) in [4.78, 5) is 12.2. The molecule has 0 saturated carbocycles. The van der Waals surface area contributed by atoms with Crippen LogP contribution in [0.15, 0.2) is 42.5 Å². The summed E-state index contributed by atoms with van der Waals surface area (Å²) >= 11 is 0. The Morgan fingerprint density at radius 1 is 1.05 bits per heavy atom. The first-order chi connectivity index (χ1) is 10.7. The summed E-state index contributed by atoms with van der Waals surface area (Å²) in [5.74, 6) is -0.289. The largest absolute Gasteiger partial charge is 0.352 e. The Morgan fingerprint density at radius 3 is 2.68 bits per heavy atom. The van der Waals surface area contributed by atoms with Crippen LogP contribution >= 0.6 is 0 Å². The van der Waals surface area contributed by atoms with E-state index in [9.17, 15) is 9.18 Å². The minimum atomic E-state index is -0.237. The van der Waals surface area contributed by atoms with Crippen molar-refractivity contribution in [3.8, 4) is 0 Å². The molecule has 2 aromatic rings. The van der Waals surface area contributed by atoms with Crippen molar-refractivity contribution in [3.05, 3.63) is 70.5 Å². The predicted molar refractivity (Wildman–Crippen MR) is 85.5 cm³/mol. The van der Waals surface area contributed by atoms with Gasteiger partial charge in [-0.2, -0.15) is 0 Å². The molecule has 3 heteroatoms. The normalized spacial score (nSPS) is 13.5. The monoisotopic (exact) mass is 297 g/mol. The van der Waals surface area contributed by atoms with Crippen molar-refractivity contribution in [2.24, 2.45) is 0 Å². The van der Waals surface area contributed by atoms with Crippen LogP contribution in [0.2, 0.25) is 0 Å². The van der Waals surface area contributed by atoms with Gasteiger partial charge in [-0.25, -0.2) is 4.39 Å². The first kappa shape index (κ1) is 14.8. The van der Waals surface area contributed by atoms with Crippen molar-refractivity contribution in [1.82, 2.24) is 5.32 Å². The van der Waals surface area contributed by atoms with E-state index in [0.717, 1.165) is 24.0 Å². The topological polar surface area (TPSA) is 29.1 Å². The SMILES string of the molecule is O=C(NCCc1cccc(F)c1)c1ccc2c(c1)CCCC2. The predicted octanol–water partition coefficient (Wildman–Crippen LogP) is 3.68. The quantitative estimate of drug-likeness (QED) is 0.916. The summed E-state index contributed by atoms with van der Waals surface area (Å²) in [5, 5.41) is 2.91. The number of halogens is 1. The maximum absolute atomic E-state index is 13.1. The van der Waals surface area contributed by atoms with Crippen LogP contribution in [-0.2, 0) is 19.3 Å².